The Kier molecular flexibility index (Phi) is 2.90. The highest BCUT2D eigenvalue weighted by atomic mass is 32.2. The number of hydrogen-bond donors (Lipinski definition) is 3. The lowest BCUT2D eigenvalue weighted by atomic mass is 10.2. The summed E-state index contributed by atoms with van der Waals surface area (Å²) in [5.74, 6) is 0.363. The number of fused-ring (bicyclic) bond motifs is 1. The van der Waals surface area contributed by atoms with E-state index in [9.17, 15) is 14.0 Å². The fraction of sp³-hybridized carbons (Fsp3) is 0.167. The van der Waals surface area contributed by atoms with Gasteiger partial charge in [0.1, 0.15) is 5.82 Å². The predicted octanol–water partition coefficient (Wildman–Crippen LogP) is 1.46. The maximum Gasteiger partial charge on any atom is 0.313 e. The van der Waals surface area contributed by atoms with E-state index in [-0.39, 0.29) is 11.9 Å². The summed E-state index contributed by atoms with van der Waals surface area (Å²) in [4.78, 5) is 28.1. The van der Waals surface area contributed by atoms with Gasteiger partial charge in [0.05, 0.1) is 11.7 Å². The lowest BCUT2D eigenvalue weighted by Crippen LogP contribution is -2.32. The van der Waals surface area contributed by atoms with Crippen LogP contribution in [0.3, 0.4) is 0 Å². The summed E-state index contributed by atoms with van der Waals surface area (Å²) in [5, 5.41) is 3.21. The SMILES string of the molecule is O=c1[nH]cc(C2CSc3cc(F)ccc3N2)[nH]c1=O. The van der Waals surface area contributed by atoms with E-state index in [1.807, 2.05) is 0 Å². The summed E-state index contributed by atoms with van der Waals surface area (Å²) in [6.45, 7) is 0. The zero-order valence-electron chi connectivity index (χ0n) is 9.70. The van der Waals surface area contributed by atoms with Gasteiger partial charge in [0.15, 0.2) is 0 Å². The van der Waals surface area contributed by atoms with E-state index in [1.54, 1.807) is 6.07 Å². The normalized spacial score (nSPS) is 17.6. The first-order valence-electron chi connectivity index (χ1n) is 5.64. The van der Waals surface area contributed by atoms with E-state index in [4.69, 9.17) is 0 Å². The maximum absolute atomic E-state index is 13.1. The Hall–Kier alpha value is -2.02. The third-order valence-corrected chi connectivity index (χ3v) is 4.03. The molecular formula is C12H10FN3O2S. The number of aromatic nitrogens is 2. The molecule has 2 heterocycles. The molecule has 1 atom stereocenters. The molecule has 0 aliphatic carbocycles. The van der Waals surface area contributed by atoms with E-state index >= 15 is 0 Å². The van der Waals surface area contributed by atoms with Crippen molar-refractivity contribution in [2.24, 2.45) is 0 Å². The summed E-state index contributed by atoms with van der Waals surface area (Å²) >= 11 is 1.50. The molecule has 98 valence electrons. The quantitative estimate of drug-likeness (QED) is 0.691. The van der Waals surface area contributed by atoms with Gasteiger partial charge in [-0.05, 0) is 18.2 Å². The minimum Gasteiger partial charge on any atom is -0.375 e. The monoisotopic (exact) mass is 279 g/mol. The summed E-state index contributed by atoms with van der Waals surface area (Å²) in [6.07, 6.45) is 1.48. The molecule has 1 aliphatic heterocycles. The lowest BCUT2D eigenvalue weighted by Gasteiger charge is -2.26. The molecule has 0 spiro atoms. The van der Waals surface area contributed by atoms with Crippen molar-refractivity contribution in [1.29, 1.82) is 0 Å². The average Bonchev–Trinajstić information content (AvgIpc) is 2.41. The van der Waals surface area contributed by atoms with Gasteiger partial charge in [-0.3, -0.25) is 9.59 Å². The van der Waals surface area contributed by atoms with Crippen molar-refractivity contribution in [2.45, 2.75) is 10.9 Å². The highest BCUT2D eigenvalue weighted by Crippen LogP contribution is 2.37. The molecule has 3 N–H and O–H groups in total. The molecule has 0 bridgehead atoms. The van der Waals surface area contributed by atoms with Gasteiger partial charge in [-0.2, -0.15) is 0 Å². The molecule has 5 nitrogen and oxygen atoms in total. The van der Waals surface area contributed by atoms with E-state index in [0.29, 0.717) is 11.4 Å². The molecular weight excluding hydrogens is 269 g/mol. The van der Waals surface area contributed by atoms with Gasteiger partial charge < -0.3 is 15.3 Å². The largest absolute Gasteiger partial charge is 0.375 e. The molecule has 3 rings (SSSR count). The zero-order valence-corrected chi connectivity index (χ0v) is 10.5. The number of benzene rings is 1. The zero-order chi connectivity index (χ0) is 13.4. The molecule has 0 saturated carbocycles. The maximum atomic E-state index is 13.1. The number of aromatic amines is 2. The van der Waals surface area contributed by atoms with Crippen LogP contribution < -0.4 is 16.4 Å². The highest BCUT2D eigenvalue weighted by Gasteiger charge is 2.21. The Morgan fingerprint density at radius 2 is 2.11 bits per heavy atom. The molecule has 0 saturated heterocycles. The summed E-state index contributed by atoms with van der Waals surface area (Å²) < 4.78 is 13.1. The number of H-pyrrole nitrogens is 2. The molecule has 19 heavy (non-hydrogen) atoms. The minimum atomic E-state index is -0.672. The molecule has 0 amide bonds. The topological polar surface area (TPSA) is 77.8 Å². The van der Waals surface area contributed by atoms with Gasteiger partial charge in [-0.25, -0.2) is 4.39 Å². The Bertz CT molecular complexity index is 740. The van der Waals surface area contributed by atoms with Crippen LogP contribution >= 0.6 is 11.8 Å². The van der Waals surface area contributed by atoms with Gasteiger partial charge in [0, 0.05) is 22.5 Å². The molecule has 2 aromatic rings. The van der Waals surface area contributed by atoms with Crippen molar-refractivity contribution in [2.75, 3.05) is 11.1 Å². The third kappa shape index (κ3) is 2.28. The lowest BCUT2D eigenvalue weighted by molar-refractivity contribution is 0.623. The van der Waals surface area contributed by atoms with E-state index in [2.05, 4.69) is 15.3 Å². The third-order valence-electron chi connectivity index (χ3n) is 2.88. The van der Waals surface area contributed by atoms with Gasteiger partial charge in [-0.1, -0.05) is 0 Å². The fourth-order valence-corrected chi connectivity index (χ4v) is 3.01. The second-order valence-electron chi connectivity index (χ2n) is 4.18. The molecule has 1 aliphatic rings. The molecule has 0 fully saturated rings. The standard InChI is InChI=1S/C12H10FN3O2S/c13-6-1-2-7-10(3-6)19-5-9(15-7)8-4-14-11(17)12(18)16-8/h1-4,9,15H,5H2,(H,14,17)(H,16,18). The van der Waals surface area contributed by atoms with Crippen molar-refractivity contribution in [3.05, 3.63) is 56.6 Å². The first-order chi connectivity index (χ1) is 9.13. The van der Waals surface area contributed by atoms with E-state index < -0.39 is 11.1 Å². The molecule has 1 unspecified atom stereocenters. The second-order valence-corrected chi connectivity index (χ2v) is 5.24. The summed E-state index contributed by atoms with van der Waals surface area (Å²) in [7, 11) is 0. The van der Waals surface area contributed by atoms with Crippen molar-refractivity contribution in [1.82, 2.24) is 9.97 Å². The van der Waals surface area contributed by atoms with Crippen LogP contribution in [-0.4, -0.2) is 15.7 Å². The number of rotatable bonds is 1. The molecule has 0 radical (unpaired) electrons. The Morgan fingerprint density at radius 1 is 1.26 bits per heavy atom. The number of thioether (sulfide) groups is 1. The van der Waals surface area contributed by atoms with Crippen LogP contribution in [0.4, 0.5) is 10.1 Å². The van der Waals surface area contributed by atoms with Crippen LogP contribution in [0.25, 0.3) is 0 Å². The summed E-state index contributed by atoms with van der Waals surface area (Å²) in [5.41, 5.74) is 0.0747. The van der Waals surface area contributed by atoms with E-state index in [0.717, 1.165) is 10.6 Å². The molecule has 7 heteroatoms. The first-order valence-corrected chi connectivity index (χ1v) is 6.63. The van der Waals surface area contributed by atoms with Crippen LogP contribution in [0.1, 0.15) is 11.7 Å². The van der Waals surface area contributed by atoms with Gasteiger partial charge in [0.25, 0.3) is 0 Å². The van der Waals surface area contributed by atoms with Crippen LogP contribution in [0.2, 0.25) is 0 Å². The van der Waals surface area contributed by atoms with Crippen LogP contribution in [-0.2, 0) is 0 Å². The fourth-order valence-electron chi connectivity index (χ4n) is 1.93. The molecule has 1 aromatic carbocycles. The second kappa shape index (κ2) is 4.58. The van der Waals surface area contributed by atoms with Gasteiger partial charge >= 0.3 is 11.1 Å². The van der Waals surface area contributed by atoms with Crippen LogP contribution in [0.5, 0.6) is 0 Å². The average molecular weight is 279 g/mol. The first kappa shape index (κ1) is 12.0. The van der Waals surface area contributed by atoms with E-state index in [1.165, 1.54) is 30.1 Å². The number of hydrogen-bond acceptors (Lipinski definition) is 4. The summed E-state index contributed by atoms with van der Waals surface area (Å²) in [6, 6.07) is 4.38. The van der Waals surface area contributed by atoms with Crippen LogP contribution in [0.15, 0.2) is 38.9 Å². The number of anilines is 1. The Labute approximate surface area is 111 Å². The number of halogens is 1. The molecule has 1 aromatic heterocycles. The Morgan fingerprint density at radius 3 is 2.89 bits per heavy atom. The van der Waals surface area contributed by atoms with Gasteiger partial charge in [0.2, 0.25) is 0 Å². The number of nitrogens with one attached hydrogen (secondary N) is 3. The van der Waals surface area contributed by atoms with Crippen LogP contribution in [0, 0.1) is 5.82 Å². The van der Waals surface area contributed by atoms with Gasteiger partial charge in [-0.15, -0.1) is 11.8 Å². The van der Waals surface area contributed by atoms with Crippen molar-refractivity contribution < 1.29 is 4.39 Å². The highest BCUT2D eigenvalue weighted by molar-refractivity contribution is 7.99. The Balaban J connectivity index is 1.93. The predicted molar refractivity (Wildman–Crippen MR) is 71.2 cm³/mol. The minimum absolute atomic E-state index is 0.132. The van der Waals surface area contributed by atoms with Crippen molar-refractivity contribution in [3.8, 4) is 0 Å². The smallest absolute Gasteiger partial charge is 0.313 e. The van der Waals surface area contributed by atoms with Crippen molar-refractivity contribution in [3.63, 3.8) is 0 Å². The van der Waals surface area contributed by atoms with Crippen molar-refractivity contribution >= 4 is 17.4 Å².